The van der Waals surface area contributed by atoms with Crippen LogP contribution >= 0.6 is 0 Å². The van der Waals surface area contributed by atoms with Gasteiger partial charge in [-0.1, -0.05) is 0 Å². The lowest BCUT2D eigenvalue weighted by molar-refractivity contribution is -0.149. The molecule has 8 N–H and O–H groups in total. The van der Waals surface area contributed by atoms with Gasteiger partial charge in [0.05, 0.1) is 6.54 Å². The van der Waals surface area contributed by atoms with E-state index >= 15 is 0 Å². The van der Waals surface area contributed by atoms with Crippen molar-refractivity contribution in [3.8, 4) is 0 Å². The third-order valence-electron chi connectivity index (χ3n) is 4.87. The number of carbonyl (C=O) groups excluding carboxylic acids is 3. The maximum atomic E-state index is 13.0. The molecule has 1 rings (SSSR count). The molecule has 3 atom stereocenters. The highest BCUT2D eigenvalue weighted by atomic mass is 16.4. The van der Waals surface area contributed by atoms with Gasteiger partial charge in [-0.25, -0.2) is 4.79 Å². The summed E-state index contributed by atoms with van der Waals surface area (Å²) in [6.45, 7) is 0.277. The van der Waals surface area contributed by atoms with Gasteiger partial charge in [0, 0.05) is 13.0 Å². The Kier molecular flexibility index (Phi) is 10.8. The minimum absolute atomic E-state index is 0.182. The summed E-state index contributed by atoms with van der Waals surface area (Å²) < 4.78 is 0. The van der Waals surface area contributed by atoms with E-state index in [2.05, 4.69) is 10.6 Å². The number of nitrogens with one attached hydrogen (secondary N) is 2. The lowest BCUT2D eigenvalue weighted by Gasteiger charge is -2.28. The Morgan fingerprint density at radius 3 is 2.27 bits per heavy atom. The highest BCUT2D eigenvalue weighted by Crippen LogP contribution is 2.20. The number of hydrogen-bond donors (Lipinski definition) is 6. The van der Waals surface area contributed by atoms with Gasteiger partial charge in [0.25, 0.3) is 0 Å². The fourth-order valence-corrected chi connectivity index (χ4v) is 3.30. The number of unbranched alkanes of at least 4 members (excludes halogenated alkanes) is 1. The van der Waals surface area contributed by atoms with Gasteiger partial charge in [-0.3, -0.25) is 19.2 Å². The number of carbonyl (C=O) groups is 5. The fourth-order valence-electron chi connectivity index (χ4n) is 3.30. The summed E-state index contributed by atoms with van der Waals surface area (Å²) in [7, 11) is 0. The molecule has 12 heteroatoms. The van der Waals surface area contributed by atoms with E-state index in [4.69, 9.17) is 16.6 Å². The van der Waals surface area contributed by atoms with Gasteiger partial charge in [-0.15, -0.1) is 0 Å². The van der Waals surface area contributed by atoms with Crippen molar-refractivity contribution in [1.29, 1.82) is 0 Å². The SMILES string of the molecule is NCCCC[C@H](NC(=O)[C@H](CCC(=O)O)NC(=O)CN)C(=O)N1CCC[C@H]1C(=O)O. The Balaban J connectivity index is 2.94. The Morgan fingerprint density at radius 2 is 1.70 bits per heavy atom. The molecule has 0 aromatic carbocycles. The molecule has 0 aliphatic carbocycles. The number of carboxylic acids is 2. The summed E-state index contributed by atoms with van der Waals surface area (Å²) in [5.74, 6) is -4.14. The van der Waals surface area contributed by atoms with Crippen LogP contribution < -0.4 is 22.1 Å². The number of amides is 3. The summed E-state index contributed by atoms with van der Waals surface area (Å²) in [4.78, 5) is 60.8. The largest absolute Gasteiger partial charge is 0.481 e. The second-order valence-corrected chi connectivity index (χ2v) is 7.13. The Morgan fingerprint density at radius 1 is 1.00 bits per heavy atom. The van der Waals surface area contributed by atoms with E-state index in [0.29, 0.717) is 32.2 Å². The van der Waals surface area contributed by atoms with Crippen molar-refractivity contribution in [2.75, 3.05) is 19.6 Å². The molecule has 170 valence electrons. The van der Waals surface area contributed by atoms with Gasteiger partial charge in [0.2, 0.25) is 17.7 Å². The number of rotatable bonds is 13. The van der Waals surface area contributed by atoms with E-state index in [9.17, 15) is 29.1 Å². The van der Waals surface area contributed by atoms with Crippen molar-refractivity contribution in [1.82, 2.24) is 15.5 Å². The molecule has 1 heterocycles. The average molecular weight is 429 g/mol. The molecule has 0 spiro atoms. The molecular weight excluding hydrogens is 398 g/mol. The first-order valence-corrected chi connectivity index (χ1v) is 9.96. The molecule has 30 heavy (non-hydrogen) atoms. The smallest absolute Gasteiger partial charge is 0.326 e. The van der Waals surface area contributed by atoms with E-state index in [1.807, 2.05) is 0 Å². The normalized spacial score (nSPS) is 17.8. The molecule has 0 unspecified atom stereocenters. The van der Waals surface area contributed by atoms with Crippen molar-refractivity contribution in [3.05, 3.63) is 0 Å². The first-order chi connectivity index (χ1) is 14.2. The minimum atomic E-state index is -1.18. The minimum Gasteiger partial charge on any atom is -0.481 e. The average Bonchev–Trinajstić information content (AvgIpc) is 3.19. The summed E-state index contributed by atoms with van der Waals surface area (Å²) in [6, 6.07) is -3.15. The summed E-state index contributed by atoms with van der Waals surface area (Å²) in [5, 5.41) is 23.1. The van der Waals surface area contributed by atoms with Crippen molar-refractivity contribution < 1.29 is 34.2 Å². The number of carboxylic acid groups (broad SMARTS) is 2. The van der Waals surface area contributed by atoms with Crippen LogP contribution in [0, 0.1) is 0 Å². The standard InChI is InChI=1S/C18H31N5O7/c19-8-2-1-4-12(17(28)23-9-3-5-13(23)18(29)30)22-16(27)11(6-7-15(25)26)21-14(24)10-20/h11-13H,1-10,19-20H2,(H,21,24)(H,22,27)(H,25,26)(H,29,30)/t11-,12-,13-/m0/s1. The summed E-state index contributed by atoms with van der Waals surface area (Å²) >= 11 is 0. The third kappa shape index (κ3) is 7.95. The second kappa shape index (κ2) is 12.8. The van der Waals surface area contributed by atoms with E-state index in [1.54, 1.807) is 0 Å². The molecule has 3 amide bonds. The van der Waals surface area contributed by atoms with Crippen LogP contribution in [0.1, 0.15) is 44.9 Å². The van der Waals surface area contributed by atoms with Gasteiger partial charge in [-0.2, -0.15) is 0 Å². The first-order valence-electron chi connectivity index (χ1n) is 9.96. The highest BCUT2D eigenvalue weighted by Gasteiger charge is 2.38. The monoisotopic (exact) mass is 429 g/mol. The lowest BCUT2D eigenvalue weighted by atomic mass is 10.1. The first kappa shape index (κ1) is 25.3. The van der Waals surface area contributed by atoms with Gasteiger partial charge >= 0.3 is 11.9 Å². The maximum absolute atomic E-state index is 13.0. The zero-order valence-corrected chi connectivity index (χ0v) is 16.8. The lowest BCUT2D eigenvalue weighted by Crippen LogP contribution is -2.56. The number of nitrogens with two attached hydrogens (primary N) is 2. The topological polar surface area (TPSA) is 205 Å². The number of aliphatic carboxylic acids is 2. The molecule has 0 radical (unpaired) electrons. The molecular formula is C18H31N5O7. The molecule has 0 saturated carbocycles. The predicted octanol–water partition coefficient (Wildman–Crippen LogP) is -2.02. The van der Waals surface area contributed by atoms with Crippen LogP contribution in [0.15, 0.2) is 0 Å². The zero-order valence-electron chi connectivity index (χ0n) is 16.8. The number of likely N-dealkylation sites (tertiary alicyclic amines) is 1. The number of hydrogen-bond acceptors (Lipinski definition) is 7. The van der Waals surface area contributed by atoms with Crippen LogP contribution in [-0.4, -0.2) is 82.5 Å². The molecule has 12 nitrogen and oxygen atoms in total. The fraction of sp³-hybridized carbons (Fsp3) is 0.722. The van der Waals surface area contributed by atoms with Crippen LogP contribution in [0.25, 0.3) is 0 Å². The van der Waals surface area contributed by atoms with Crippen LogP contribution in [0.5, 0.6) is 0 Å². The van der Waals surface area contributed by atoms with E-state index < -0.39 is 47.8 Å². The molecule has 1 saturated heterocycles. The van der Waals surface area contributed by atoms with Crippen LogP contribution in [0.2, 0.25) is 0 Å². The predicted molar refractivity (Wildman–Crippen MR) is 105 cm³/mol. The molecule has 0 bridgehead atoms. The zero-order chi connectivity index (χ0) is 22.7. The second-order valence-electron chi connectivity index (χ2n) is 7.13. The third-order valence-corrected chi connectivity index (χ3v) is 4.87. The maximum Gasteiger partial charge on any atom is 0.326 e. The molecule has 0 aromatic rings. The van der Waals surface area contributed by atoms with Gasteiger partial charge in [0.1, 0.15) is 18.1 Å². The van der Waals surface area contributed by atoms with E-state index in [0.717, 1.165) is 0 Å². The van der Waals surface area contributed by atoms with E-state index in [1.165, 1.54) is 4.90 Å². The number of nitrogens with zero attached hydrogens (tertiary/aromatic N) is 1. The van der Waals surface area contributed by atoms with Crippen LogP contribution in [0.3, 0.4) is 0 Å². The van der Waals surface area contributed by atoms with Gasteiger partial charge in [-0.05, 0) is 45.1 Å². The Labute approximate surface area is 174 Å². The summed E-state index contributed by atoms with van der Waals surface area (Å²) in [6.07, 6.45) is 1.68. The van der Waals surface area contributed by atoms with Crippen LogP contribution in [-0.2, 0) is 24.0 Å². The molecule has 1 aliphatic heterocycles. The quantitative estimate of drug-likeness (QED) is 0.178. The van der Waals surface area contributed by atoms with Gasteiger partial charge in [0.15, 0.2) is 0 Å². The Hall–Kier alpha value is -2.73. The highest BCUT2D eigenvalue weighted by molar-refractivity contribution is 5.94. The van der Waals surface area contributed by atoms with Crippen molar-refractivity contribution in [2.45, 2.75) is 63.1 Å². The van der Waals surface area contributed by atoms with Crippen molar-refractivity contribution in [2.24, 2.45) is 11.5 Å². The molecule has 1 fully saturated rings. The van der Waals surface area contributed by atoms with Gasteiger partial charge < -0.3 is 37.2 Å². The van der Waals surface area contributed by atoms with Crippen molar-refractivity contribution >= 4 is 29.7 Å². The van der Waals surface area contributed by atoms with E-state index in [-0.39, 0.29) is 32.4 Å². The van der Waals surface area contributed by atoms with Crippen LogP contribution in [0.4, 0.5) is 0 Å². The van der Waals surface area contributed by atoms with Crippen molar-refractivity contribution in [3.63, 3.8) is 0 Å². The molecule has 1 aliphatic rings. The Bertz CT molecular complexity index is 642. The summed E-state index contributed by atoms with van der Waals surface area (Å²) in [5.41, 5.74) is 10.7. The molecule has 0 aromatic heterocycles.